The van der Waals surface area contributed by atoms with Crippen molar-refractivity contribution in [3.8, 4) is 11.5 Å². The van der Waals surface area contributed by atoms with Crippen LogP contribution >= 0.6 is 31.9 Å². The summed E-state index contributed by atoms with van der Waals surface area (Å²) >= 11 is 6.97. The molecule has 0 amide bonds. The minimum absolute atomic E-state index is 0.547. The summed E-state index contributed by atoms with van der Waals surface area (Å²) in [5.41, 5.74) is 0. The minimum atomic E-state index is 0.547. The Morgan fingerprint density at radius 3 is 2.48 bits per heavy atom. The molecule has 0 bridgehead atoms. The number of methoxy groups -OCH3 is 1. The molecule has 0 heterocycles. The van der Waals surface area contributed by atoms with Crippen LogP contribution in [-0.4, -0.2) is 26.3 Å². The average molecular weight is 423 g/mol. The lowest BCUT2D eigenvalue weighted by Gasteiger charge is -2.15. The molecule has 0 aliphatic heterocycles. The summed E-state index contributed by atoms with van der Waals surface area (Å²) in [6.45, 7) is 5.96. The van der Waals surface area contributed by atoms with Crippen molar-refractivity contribution in [1.29, 1.82) is 0 Å². The fraction of sp³-hybridized carbons (Fsp3) is 0.625. The summed E-state index contributed by atoms with van der Waals surface area (Å²) in [7, 11) is 1.65. The van der Waals surface area contributed by atoms with Gasteiger partial charge in [-0.05, 0) is 57.3 Å². The summed E-state index contributed by atoms with van der Waals surface area (Å²) in [5, 5.41) is 3.49. The second-order valence-electron chi connectivity index (χ2n) is 5.12. The lowest BCUT2D eigenvalue weighted by molar-refractivity contribution is 0.301. The molecule has 0 spiro atoms. The zero-order chi connectivity index (χ0) is 15.7. The van der Waals surface area contributed by atoms with E-state index in [1.807, 2.05) is 12.1 Å². The van der Waals surface area contributed by atoms with Crippen LogP contribution in [0.15, 0.2) is 21.1 Å². The second kappa shape index (κ2) is 10.5. The molecule has 0 radical (unpaired) electrons. The molecule has 0 aliphatic rings. The monoisotopic (exact) mass is 421 g/mol. The standard InChI is InChI=1S/C16H25Br2NO2/c1-4-5-6-7-12(2)19-8-9-21-16-11-13(17)15(20-3)10-14(16)18/h10-12,19H,4-9H2,1-3H3. The Labute approximate surface area is 145 Å². The van der Waals surface area contributed by atoms with Crippen LogP contribution in [0.3, 0.4) is 0 Å². The maximum absolute atomic E-state index is 5.80. The van der Waals surface area contributed by atoms with Gasteiger partial charge in [0.05, 0.1) is 16.1 Å². The normalized spacial score (nSPS) is 12.2. The van der Waals surface area contributed by atoms with E-state index in [-0.39, 0.29) is 0 Å². The summed E-state index contributed by atoms with van der Waals surface area (Å²) < 4.78 is 12.8. The fourth-order valence-corrected chi connectivity index (χ4v) is 2.97. The summed E-state index contributed by atoms with van der Waals surface area (Å²) in [6, 6.07) is 4.37. The quantitative estimate of drug-likeness (QED) is 0.528. The minimum Gasteiger partial charge on any atom is -0.496 e. The lowest BCUT2D eigenvalue weighted by Crippen LogP contribution is -2.30. The number of hydrogen-bond donors (Lipinski definition) is 1. The highest BCUT2D eigenvalue weighted by molar-refractivity contribution is 9.11. The van der Waals surface area contributed by atoms with Gasteiger partial charge in [-0.25, -0.2) is 0 Å². The van der Waals surface area contributed by atoms with E-state index in [1.165, 1.54) is 25.7 Å². The van der Waals surface area contributed by atoms with Crippen LogP contribution in [0.5, 0.6) is 11.5 Å². The molecule has 1 aromatic carbocycles. The Morgan fingerprint density at radius 2 is 1.81 bits per heavy atom. The largest absolute Gasteiger partial charge is 0.496 e. The predicted octanol–water partition coefficient (Wildman–Crippen LogP) is 5.16. The topological polar surface area (TPSA) is 30.5 Å². The molecule has 0 aliphatic carbocycles. The maximum atomic E-state index is 5.80. The molecule has 0 aromatic heterocycles. The lowest BCUT2D eigenvalue weighted by atomic mass is 10.1. The van der Waals surface area contributed by atoms with Crippen molar-refractivity contribution in [1.82, 2.24) is 5.32 Å². The average Bonchev–Trinajstić information content (AvgIpc) is 2.46. The van der Waals surface area contributed by atoms with Gasteiger partial charge in [0.25, 0.3) is 0 Å². The molecule has 1 unspecified atom stereocenters. The van der Waals surface area contributed by atoms with Crippen molar-refractivity contribution in [2.45, 2.75) is 45.6 Å². The van der Waals surface area contributed by atoms with Gasteiger partial charge in [-0.3, -0.25) is 0 Å². The van der Waals surface area contributed by atoms with E-state index in [0.29, 0.717) is 12.6 Å². The summed E-state index contributed by atoms with van der Waals surface area (Å²) in [5.74, 6) is 1.61. The third-order valence-corrected chi connectivity index (χ3v) is 4.54. The Bertz CT molecular complexity index is 427. The van der Waals surface area contributed by atoms with Crippen LogP contribution in [0.25, 0.3) is 0 Å². The van der Waals surface area contributed by atoms with E-state index < -0.39 is 0 Å². The molecule has 1 rings (SSSR count). The molecular formula is C16H25Br2NO2. The molecule has 3 nitrogen and oxygen atoms in total. The first-order valence-corrected chi connectivity index (χ1v) is 9.06. The molecule has 0 saturated heterocycles. The van der Waals surface area contributed by atoms with Gasteiger partial charge in [0, 0.05) is 12.6 Å². The predicted molar refractivity (Wildman–Crippen MR) is 95.5 cm³/mol. The molecule has 1 aromatic rings. The summed E-state index contributed by atoms with van der Waals surface area (Å²) in [6.07, 6.45) is 5.11. The van der Waals surface area contributed by atoms with Gasteiger partial charge in [0.2, 0.25) is 0 Å². The SMILES string of the molecule is CCCCCC(C)NCCOc1cc(Br)c(OC)cc1Br. The van der Waals surface area contributed by atoms with Crippen molar-refractivity contribution in [3.05, 3.63) is 21.1 Å². The van der Waals surface area contributed by atoms with Crippen molar-refractivity contribution in [2.75, 3.05) is 20.3 Å². The molecule has 5 heteroatoms. The molecule has 120 valence electrons. The van der Waals surface area contributed by atoms with Crippen LogP contribution in [0.4, 0.5) is 0 Å². The first-order valence-electron chi connectivity index (χ1n) is 7.47. The zero-order valence-electron chi connectivity index (χ0n) is 13.0. The van der Waals surface area contributed by atoms with E-state index in [4.69, 9.17) is 9.47 Å². The number of unbranched alkanes of at least 4 members (excludes halogenated alkanes) is 2. The molecular weight excluding hydrogens is 398 g/mol. The fourth-order valence-electron chi connectivity index (χ4n) is 2.05. The van der Waals surface area contributed by atoms with E-state index in [0.717, 1.165) is 27.0 Å². The first kappa shape index (κ1) is 18.8. The van der Waals surface area contributed by atoms with Gasteiger partial charge in [-0.1, -0.05) is 26.2 Å². The van der Waals surface area contributed by atoms with Crippen molar-refractivity contribution in [2.24, 2.45) is 0 Å². The van der Waals surface area contributed by atoms with Crippen LogP contribution < -0.4 is 14.8 Å². The highest BCUT2D eigenvalue weighted by atomic mass is 79.9. The van der Waals surface area contributed by atoms with Crippen molar-refractivity contribution >= 4 is 31.9 Å². The molecule has 1 N–H and O–H groups in total. The van der Waals surface area contributed by atoms with E-state index >= 15 is 0 Å². The highest BCUT2D eigenvalue weighted by Crippen LogP contribution is 2.35. The van der Waals surface area contributed by atoms with E-state index in [9.17, 15) is 0 Å². The molecule has 0 fully saturated rings. The van der Waals surface area contributed by atoms with Crippen LogP contribution in [0.2, 0.25) is 0 Å². The number of rotatable bonds is 10. The third-order valence-electron chi connectivity index (χ3n) is 3.30. The van der Waals surface area contributed by atoms with Crippen molar-refractivity contribution in [3.63, 3.8) is 0 Å². The molecule has 1 atom stereocenters. The van der Waals surface area contributed by atoms with Gasteiger partial charge in [-0.15, -0.1) is 0 Å². The summed E-state index contributed by atoms with van der Waals surface area (Å²) in [4.78, 5) is 0. The number of ether oxygens (including phenoxy) is 2. The van der Waals surface area contributed by atoms with Crippen molar-refractivity contribution < 1.29 is 9.47 Å². The number of hydrogen-bond acceptors (Lipinski definition) is 3. The van der Waals surface area contributed by atoms with Gasteiger partial charge in [0.1, 0.15) is 18.1 Å². The maximum Gasteiger partial charge on any atom is 0.134 e. The Balaban J connectivity index is 2.31. The van der Waals surface area contributed by atoms with E-state index in [1.54, 1.807) is 7.11 Å². The van der Waals surface area contributed by atoms with Crippen LogP contribution in [0, 0.1) is 0 Å². The highest BCUT2D eigenvalue weighted by Gasteiger charge is 2.08. The van der Waals surface area contributed by atoms with Crippen LogP contribution in [-0.2, 0) is 0 Å². The van der Waals surface area contributed by atoms with Crippen LogP contribution in [0.1, 0.15) is 39.5 Å². The van der Waals surface area contributed by atoms with Gasteiger partial charge in [0.15, 0.2) is 0 Å². The number of halogens is 2. The molecule has 0 saturated carbocycles. The Morgan fingerprint density at radius 1 is 1.14 bits per heavy atom. The molecule has 21 heavy (non-hydrogen) atoms. The number of benzene rings is 1. The van der Waals surface area contributed by atoms with E-state index in [2.05, 4.69) is 51.0 Å². The van der Waals surface area contributed by atoms with Gasteiger partial charge in [-0.2, -0.15) is 0 Å². The third kappa shape index (κ3) is 7.02. The Kier molecular flexibility index (Phi) is 9.36. The Hall–Kier alpha value is -0.260. The van der Waals surface area contributed by atoms with Gasteiger partial charge >= 0.3 is 0 Å². The smallest absolute Gasteiger partial charge is 0.134 e. The second-order valence-corrected chi connectivity index (χ2v) is 6.83. The number of nitrogens with one attached hydrogen (secondary N) is 1. The first-order chi connectivity index (χ1) is 10.1. The zero-order valence-corrected chi connectivity index (χ0v) is 16.2. The van der Waals surface area contributed by atoms with Gasteiger partial charge < -0.3 is 14.8 Å².